The van der Waals surface area contributed by atoms with Gasteiger partial charge >= 0.3 is 0 Å². The summed E-state index contributed by atoms with van der Waals surface area (Å²) in [6.45, 7) is 8.18. The van der Waals surface area contributed by atoms with E-state index in [-0.39, 0.29) is 23.1 Å². The van der Waals surface area contributed by atoms with E-state index in [0.29, 0.717) is 17.0 Å². The van der Waals surface area contributed by atoms with Crippen molar-refractivity contribution in [1.82, 2.24) is 10.3 Å². The summed E-state index contributed by atoms with van der Waals surface area (Å²) in [5.41, 5.74) is 2.93. The monoisotopic (exact) mass is 396 g/mol. The van der Waals surface area contributed by atoms with E-state index in [9.17, 15) is 9.90 Å². The van der Waals surface area contributed by atoms with E-state index in [1.54, 1.807) is 12.3 Å². The van der Waals surface area contributed by atoms with Crippen LogP contribution in [0, 0.1) is 12.3 Å². The fourth-order valence-electron chi connectivity index (χ4n) is 3.27. The fraction of sp³-hybridized carbons (Fsp3) is 0.304. The predicted molar refractivity (Wildman–Crippen MR) is 114 cm³/mol. The molecule has 0 unspecified atom stereocenters. The Kier molecular flexibility index (Phi) is 5.61. The quantitative estimate of drug-likeness (QED) is 0.585. The van der Waals surface area contributed by atoms with Crippen LogP contribution < -0.4 is 5.32 Å². The Hall–Kier alpha value is -2.59. The van der Waals surface area contributed by atoms with Crippen molar-refractivity contribution in [1.29, 1.82) is 0 Å². The number of nitrogens with zero attached hydrogens (tertiary/aromatic N) is 1. The number of carbonyl (C=O) groups excluding carboxylic acids is 1. The molecule has 0 saturated carbocycles. The van der Waals surface area contributed by atoms with Gasteiger partial charge in [0, 0.05) is 22.2 Å². The minimum absolute atomic E-state index is 0.0274. The number of rotatable bonds is 4. The van der Waals surface area contributed by atoms with Gasteiger partial charge in [0.05, 0.1) is 11.6 Å². The second-order valence-electron chi connectivity index (χ2n) is 8.36. The van der Waals surface area contributed by atoms with E-state index in [4.69, 9.17) is 11.6 Å². The Labute approximate surface area is 170 Å². The molecular weight excluding hydrogens is 372 g/mol. The highest BCUT2D eigenvalue weighted by atomic mass is 35.5. The smallest absolute Gasteiger partial charge is 0.251 e. The fourth-order valence-corrected chi connectivity index (χ4v) is 3.56. The summed E-state index contributed by atoms with van der Waals surface area (Å²) in [5, 5.41) is 14.4. The van der Waals surface area contributed by atoms with Crippen molar-refractivity contribution in [2.45, 2.75) is 40.2 Å². The van der Waals surface area contributed by atoms with Crippen LogP contribution in [0.3, 0.4) is 0 Å². The highest BCUT2D eigenvalue weighted by Crippen LogP contribution is 2.36. The molecule has 3 aromatic rings. The first-order chi connectivity index (χ1) is 13.1. The highest BCUT2D eigenvalue weighted by molar-refractivity contribution is 6.31. The molecule has 0 spiro atoms. The molecule has 5 heteroatoms. The number of pyridine rings is 1. The Morgan fingerprint density at radius 1 is 1.21 bits per heavy atom. The maximum absolute atomic E-state index is 13.0. The summed E-state index contributed by atoms with van der Waals surface area (Å²) < 4.78 is 0. The van der Waals surface area contributed by atoms with Crippen LogP contribution in [0.5, 0.6) is 5.75 Å². The largest absolute Gasteiger partial charge is 0.508 e. The van der Waals surface area contributed by atoms with E-state index in [1.165, 1.54) is 6.07 Å². The zero-order chi connectivity index (χ0) is 20.5. The molecule has 146 valence electrons. The molecule has 0 aliphatic heterocycles. The minimum Gasteiger partial charge on any atom is -0.508 e. The van der Waals surface area contributed by atoms with Crippen molar-refractivity contribution in [2.24, 2.45) is 5.41 Å². The second kappa shape index (κ2) is 7.80. The van der Waals surface area contributed by atoms with Crippen molar-refractivity contribution in [3.8, 4) is 5.75 Å². The van der Waals surface area contributed by atoms with Gasteiger partial charge < -0.3 is 10.4 Å². The van der Waals surface area contributed by atoms with E-state index in [2.05, 4.69) is 31.1 Å². The van der Waals surface area contributed by atoms with Crippen LogP contribution >= 0.6 is 11.6 Å². The number of phenols is 1. The number of amides is 1. The molecule has 0 aliphatic carbocycles. The number of hydrogen-bond donors (Lipinski definition) is 2. The Bertz CT molecular complexity index is 1020. The molecule has 0 saturated heterocycles. The topological polar surface area (TPSA) is 62.2 Å². The number of halogens is 1. The number of aromatic nitrogens is 1. The highest BCUT2D eigenvalue weighted by Gasteiger charge is 2.25. The predicted octanol–water partition coefficient (Wildman–Crippen LogP) is 5.81. The third-order valence-corrected chi connectivity index (χ3v) is 5.01. The van der Waals surface area contributed by atoms with Gasteiger partial charge in [-0.15, -0.1) is 0 Å². The summed E-state index contributed by atoms with van der Waals surface area (Å²) in [6.07, 6.45) is 2.44. The third kappa shape index (κ3) is 4.63. The summed E-state index contributed by atoms with van der Waals surface area (Å²) >= 11 is 6.41. The van der Waals surface area contributed by atoms with Crippen molar-refractivity contribution in [3.63, 3.8) is 0 Å². The van der Waals surface area contributed by atoms with Gasteiger partial charge in [-0.3, -0.25) is 9.78 Å². The number of carbonyl (C=O) groups is 1. The number of aromatic hydroxyl groups is 1. The summed E-state index contributed by atoms with van der Waals surface area (Å²) in [6, 6.07) is 12.4. The van der Waals surface area contributed by atoms with Crippen LogP contribution in [-0.4, -0.2) is 16.0 Å². The van der Waals surface area contributed by atoms with Gasteiger partial charge in [0.2, 0.25) is 0 Å². The van der Waals surface area contributed by atoms with Crippen LogP contribution in [0.1, 0.15) is 54.7 Å². The van der Waals surface area contributed by atoms with E-state index < -0.39 is 0 Å². The van der Waals surface area contributed by atoms with Crippen molar-refractivity contribution >= 4 is 28.4 Å². The Balaban J connectivity index is 1.94. The lowest BCUT2D eigenvalue weighted by Gasteiger charge is -2.28. The molecule has 3 rings (SSSR count). The van der Waals surface area contributed by atoms with Gasteiger partial charge in [0.25, 0.3) is 5.91 Å². The molecule has 0 bridgehead atoms. The average molecular weight is 397 g/mol. The molecule has 2 N–H and O–H groups in total. The van der Waals surface area contributed by atoms with Gasteiger partial charge in [-0.1, -0.05) is 38.4 Å². The van der Waals surface area contributed by atoms with Gasteiger partial charge in [0.15, 0.2) is 0 Å². The maximum Gasteiger partial charge on any atom is 0.251 e. The van der Waals surface area contributed by atoms with Crippen molar-refractivity contribution in [3.05, 3.63) is 70.4 Å². The number of aryl methyl sites for hydroxylation is 1. The molecule has 0 aliphatic rings. The minimum atomic E-state index is -0.274. The van der Waals surface area contributed by atoms with Crippen LogP contribution in [0.2, 0.25) is 5.02 Å². The van der Waals surface area contributed by atoms with E-state index in [1.807, 2.05) is 37.3 Å². The molecule has 2 aromatic carbocycles. The van der Waals surface area contributed by atoms with Gasteiger partial charge in [-0.25, -0.2) is 0 Å². The average Bonchev–Trinajstić information content (AvgIpc) is 2.62. The molecule has 0 fully saturated rings. The maximum atomic E-state index is 13.0. The van der Waals surface area contributed by atoms with Crippen LogP contribution in [0.15, 0.2) is 48.7 Å². The van der Waals surface area contributed by atoms with Crippen molar-refractivity contribution in [2.75, 3.05) is 0 Å². The molecule has 1 atom stereocenters. The van der Waals surface area contributed by atoms with Gasteiger partial charge in [-0.2, -0.15) is 0 Å². The number of nitrogens with one attached hydrogen (secondary N) is 1. The molecule has 1 heterocycles. The van der Waals surface area contributed by atoms with Crippen LogP contribution in [0.4, 0.5) is 0 Å². The molecule has 28 heavy (non-hydrogen) atoms. The Morgan fingerprint density at radius 3 is 2.68 bits per heavy atom. The molecule has 4 nitrogen and oxygen atoms in total. The first-order valence-electron chi connectivity index (χ1n) is 9.29. The van der Waals surface area contributed by atoms with E-state index >= 15 is 0 Å². The number of benzene rings is 2. The first kappa shape index (κ1) is 20.2. The number of fused-ring (bicyclic) bond motifs is 1. The van der Waals surface area contributed by atoms with Crippen LogP contribution in [-0.2, 0) is 0 Å². The first-order valence-corrected chi connectivity index (χ1v) is 9.66. The summed E-state index contributed by atoms with van der Waals surface area (Å²) in [5.74, 6) is -0.0154. The lowest BCUT2D eigenvalue weighted by atomic mass is 9.85. The zero-order valence-electron chi connectivity index (χ0n) is 16.6. The van der Waals surface area contributed by atoms with Gasteiger partial charge in [0.1, 0.15) is 5.75 Å². The number of phenolic OH excluding ortho intramolecular Hbond substituents is 1. The number of hydrogen-bond acceptors (Lipinski definition) is 3. The lowest BCUT2D eigenvalue weighted by molar-refractivity contribution is 0.0926. The third-order valence-electron chi connectivity index (χ3n) is 4.68. The molecule has 1 aromatic heterocycles. The molecule has 1 amide bonds. The lowest BCUT2D eigenvalue weighted by Crippen LogP contribution is -2.31. The summed E-state index contributed by atoms with van der Waals surface area (Å²) in [4.78, 5) is 17.3. The van der Waals surface area contributed by atoms with Crippen molar-refractivity contribution < 1.29 is 9.90 Å². The van der Waals surface area contributed by atoms with E-state index in [0.717, 1.165) is 22.0 Å². The SMILES string of the molecule is Cc1cc([C@H](CC(C)(C)C)NC(=O)c2ccc3ncccc3c2)c(Cl)cc1O. The standard InChI is InChI=1S/C23H25ClN2O2/c1-14-10-17(18(24)12-21(14)27)20(13-23(2,3)4)26-22(28)16-7-8-19-15(11-16)6-5-9-25-19/h5-12,20,27H,13H2,1-4H3,(H,26,28)/t20-/m0/s1. The summed E-state index contributed by atoms with van der Waals surface area (Å²) in [7, 11) is 0. The van der Waals surface area contributed by atoms with Gasteiger partial charge in [-0.05, 0) is 66.3 Å². The van der Waals surface area contributed by atoms with Crippen LogP contribution in [0.25, 0.3) is 10.9 Å². The molecule has 0 radical (unpaired) electrons. The normalized spacial score (nSPS) is 12.8. The zero-order valence-corrected chi connectivity index (χ0v) is 17.3. The second-order valence-corrected chi connectivity index (χ2v) is 8.77. The Morgan fingerprint density at radius 2 is 1.96 bits per heavy atom. The molecular formula is C23H25ClN2O2.